The van der Waals surface area contributed by atoms with Gasteiger partial charge in [0.15, 0.2) is 0 Å². The van der Waals surface area contributed by atoms with Crippen molar-refractivity contribution in [2.45, 2.75) is 89.5 Å². The Morgan fingerprint density at radius 2 is 1.21 bits per heavy atom. The number of carboxylic acid groups (broad SMARTS) is 1. The molecular weight excluding hydrogens is 544 g/mol. The van der Waals surface area contributed by atoms with Crippen LogP contribution in [0.4, 0.5) is 9.59 Å². The molecular formula is C27H36N2O8S2. The number of carbonyl (C=O) groups is 4. The molecule has 0 spiro atoms. The fourth-order valence-corrected chi connectivity index (χ4v) is 5.81. The van der Waals surface area contributed by atoms with Crippen LogP contribution in [0.5, 0.6) is 0 Å². The third-order valence-corrected chi connectivity index (χ3v) is 7.75. The number of rotatable bonds is 6. The fourth-order valence-electron chi connectivity index (χ4n) is 3.69. The number of amides is 2. The van der Waals surface area contributed by atoms with E-state index in [2.05, 4.69) is 15.4 Å². The Morgan fingerprint density at radius 1 is 0.795 bits per heavy atom. The summed E-state index contributed by atoms with van der Waals surface area (Å²) < 4.78 is 15.1. The van der Waals surface area contributed by atoms with E-state index < -0.39 is 29.4 Å². The molecule has 0 bridgehead atoms. The summed E-state index contributed by atoms with van der Waals surface area (Å²) in [5, 5.41) is 17.9. The van der Waals surface area contributed by atoms with Crippen LogP contribution in [0.15, 0.2) is 22.9 Å². The Hall–Kier alpha value is -3.12. The van der Waals surface area contributed by atoms with Gasteiger partial charge in [0.2, 0.25) is 0 Å². The van der Waals surface area contributed by atoms with Gasteiger partial charge in [-0.25, -0.2) is 19.2 Å². The first-order valence-electron chi connectivity index (χ1n) is 12.5. The third kappa shape index (κ3) is 9.54. The highest BCUT2D eigenvalue weighted by Crippen LogP contribution is 2.44. The minimum atomic E-state index is -0.917. The highest BCUT2D eigenvalue weighted by atomic mass is 32.1. The lowest BCUT2D eigenvalue weighted by Gasteiger charge is -2.19. The molecule has 0 saturated heterocycles. The molecule has 2 aromatic heterocycles. The number of carbonyl (C=O) groups excluding carboxylic acids is 3. The molecule has 2 aromatic rings. The molecule has 2 aliphatic rings. The maximum absolute atomic E-state index is 11.6. The molecule has 2 fully saturated rings. The van der Waals surface area contributed by atoms with Crippen LogP contribution in [0.25, 0.3) is 0 Å². The molecule has 0 unspecified atom stereocenters. The number of methoxy groups -OCH3 is 1. The molecule has 12 heteroatoms. The van der Waals surface area contributed by atoms with E-state index in [4.69, 9.17) is 14.6 Å². The highest BCUT2D eigenvalue weighted by molar-refractivity contribution is 7.10. The van der Waals surface area contributed by atoms with Gasteiger partial charge in [-0.3, -0.25) is 0 Å². The molecule has 39 heavy (non-hydrogen) atoms. The van der Waals surface area contributed by atoms with Crippen molar-refractivity contribution in [3.8, 4) is 0 Å². The summed E-state index contributed by atoms with van der Waals surface area (Å²) in [4.78, 5) is 47.5. The van der Waals surface area contributed by atoms with E-state index in [-0.39, 0.29) is 29.9 Å². The number of aromatic carboxylic acids is 1. The Labute approximate surface area is 236 Å². The van der Waals surface area contributed by atoms with E-state index in [0.29, 0.717) is 11.1 Å². The number of hydrogen-bond donors (Lipinski definition) is 3. The van der Waals surface area contributed by atoms with Crippen molar-refractivity contribution < 1.29 is 38.5 Å². The van der Waals surface area contributed by atoms with Crippen molar-refractivity contribution in [1.29, 1.82) is 0 Å². The summed E-state index contributed by atoms with van der Waals surface area (Å²) in [6.45, 7) is 10.9. The summed E-state index contributed by atoms with van der Waals surface area (Å²) in [6.07, 6.45) is 0.892. The topological polar surface area (TPSA) is 140 Å². The van der Waals surface area contributed by atoms with E-state index in [9.17, 15) is 19.2 Å². The highest BCUT2D eigenvalue weighted by Gasteiger charge is 2.42. The predicted octanol–water partition coefficient (Wildman–Crippen LogP) is 5.74. The first-order chi connectivity index (χ1) is 18.1. The molecule has 214 valence electrons. The van der Waals surface area contributed by atoms with Gasteiger partial charge in [0, 0.05) is 44.4 Å². The molecule has 2 saturated carbocycles. The molecule has 2 aliphatic carbocycles. The van der Waals surface area contributed by atoms with Gasteiger partial charge in [-0.15, -0.1) is 22.7 Å². The second-order valence-electron chi connectivity index (χ2n) is 11.5. The summed E-state index contributed by atoms with van der Waals surface area (Å²) in [6, 6.07) is 3.65. The van der Waals surface area contributed by atoms with Crippen LogP contribution in [0, 0.1) is 0 Å². The maximum atomic E-state index is 11.6. The average molecular weight is 581 g/mol. The Kier molecular flexibility index (Phi) is 9.32. The van der Waals surface area contributed by atoms with E-state index >= 15 is 0 Å². The van der Waals surface area contributed by atoms with E-state index in [1.54, 1.807) is 16.8 Å². The van der Waals surface area contributed by atoms with E-state index in [1.807, 2.05) is 47.6 Å². The molecule has 0 aliphatic heterocycles. The SMILES string of the molecule is CC(C)(C)OC(=O)N[C@@H]1C[C@H]1c1cc(C(=O)O)cs1.COC(=O)c1csc([C@@H]2C[C@H]2NC(=O)OC(C)(C)C)c1. The number of carboxylic acids is 1. The number of nitrogens with one attached hydrogen (secondary N) is 2. The van der Waals surface area contributed by atoms with E-state index in [0.717, 1.165) is 22.6 Å². The Balaban J connectivity index is 0.000000216. The van der Waals surface area contributed by atoms with Crippen LogP contribution in [0.3, 0.4) is 0 Å². The molecule has 2 amide bonds. The van der Waals surface area contributed by atoms with Crippen molar-refractivity contribution in [1.82, 2.24) is 10.6 Å². The number of thiophene rings is 2. The molecule has 10 nitrogen and oxygen atoms in total. The summed E-state index contributed by atoms with van der Waals surface area (Å²) >= 11 is 2.93. The van der Waals surface area contributed by atoms with Gasteiger partial charge in [0.25, 0.3) is 0 Å². The minimum absolute atomic E-state index is 0.0511. The van der Waals surface area contributed by atoms with Crippen LogP contribution in [-0.4, -0.2) is 59.6 Å². The second-order valence-corrected chi connectivity index (χ2v) is 13.3. The summed E-state index contributed by atoms with van der Waals surface area (Å²) in [7, 11) is 1.36. The van der Waals surface area contributed by atoms with Crippen LogP contribution in [0.2, 0.25) is 0 Å². The third-order valence-electron chi connectivity index (χ3n) is 5.62. The minimum Gasteiger partial charge on any atom is -0.478 e. The van der Waals surface area contributed by atoms with Crippen LogP contribution < -0.4 is 10.6 Å². The Morgan fingerprint density at radius 3 is 1.56 bits per heavy atom. The van der Waals surface area contributed by atoms with Gasteiger partial charge < -0.3 is 30.0 Å². The first-order valence-corrected chi connectivity index (χ1v) is 14.3. The Bertz CT molecular complexity index is 1210. The van der Waals surface area contributed by atoms with Crippen molar-refractivity contribution in [3.05, 3.63) is 43.8 Å². The molecule has 4 atom stereocenters. The summed E-state index contributed by atoms with van der Waals surface area (Å²) in [5.74, 6) is -0.763. The zero-order valence-electron chi connectivity index (χ0n) is 23.2. The van der Waals surface area contributed by atoms with Crippen molar-refractivity contribution in [2.75, 3.05) is 7.11 Å². The monoisotopic (exact) mass is 580 g/mol. The fraction of sp³-hybridized carbons (Fsp3) is 0.556. The molecule has 4 rings (SSSR count). The first kappa shape index (κ1) is 30.4. The van der Waals surface area contributed by atoms with Gasteiger partial charge in [-0.2, -0.15) is 0 Å². The maximum Gasteiger partial charge on any atom is 0.407 e. The lowest BCUT2D eigenvalue weighted by Crippen LogP contribution is -2.34. The van der Waals surface area contributed by atoms with Gasteiger partial charge in [-0.05, 0) is 66.5 Å². The number of ether oxygens (including phenoxy) is 3. The predicted molar refractivity (Wildman–Crippen MR) is 148 cm³/mol. The second kappa shape index (κ2) is 12.0. The molecule has 0 radical (unpaired) electrons. The average Bonchev–Trinajstić information content (AvgIpc) is 3.58. The van der Waals surface area contributed by atoms with E-state index in [1.165, 1.54) is 29.8 Å². The van der Waals surface area contributed by atoms with Crippen LogP contribution >= 0.6 is 22.7 Å². The molecule has 3 N–H and O–H groups in total. The smallest absolute Gasteiger partial charge is 0.407 e. The van der Waals surface area contributed by atoms with Gasteiger partial charge in [0.05, 0.1) is 18.2 Å². The molecule has 0 aromatic carbocycles. The van der Waals surface area contributed by atoms with Crippen molar-refractivity contribution in [3.63, 3.8) is 0 Å². The largest absolute Gasteiger partial charge is 0.478 e. The van der Waals surface area contributed by atoms with Gasteiger partial charge >= 0.3 is 24.1 Å². The van der Waals surface area contributed by atoms with Crippen LogP contribution in [-0.2, 0) is 14.2 Å². The van der Waals surface area contributed by atoms with Gasteiger partial charge in [0.1, 0.15) is 11.2 Å². The lowest BCUT2D eigenvalue weighted by atomic mass is 10.2. The molecule has 2 heterocycles. The normalized spacial score (nSPS) is 21.5. The zero-order chi connectivity index (χ0) is 29.1. The lowest BCUT2D eigenvalue weighted by molar-refractivity contribution is 0.0511. The van der Waals surface area contributed by atoms with Crippen molar-refractivity contribution in [2.24, 2.45) is 0 Å². The summed E-state index contributed by atoms with van der Waals surface area (Å²) in [5.41, 5.74) is -0.123. The zero-order valence-corrected chi connectivity index (χ0v) is 24.8. The van der Waals surface area contributed by atoms with Crippen LogP contribution in [0.1, 0.15) is 96.7 Å². The van der Waals surface area contributed by atoms with Crippen molar-refractivity contribution >= 4 is 46.8 Å². The number of alkyl carbamates (subject to hydrolysis) is 2. The number of esters is 1. The van der Waals surface area contributed by atoms with Gasteiger partial charge in [-0.1, -0.05) is 0 Å². The standard InChI is InChI=1S/C14H19NO4S.C13H17NO4S/c1-14(2,3)19-13(17)15-10-6-9(10)11-5-8(7-20-11)12(16)18-4;1-13(2,3)18-12(17)14-9-5-8(9)10-4-7(6-19-10)11(15)16/h5,7,9-10H,6H2,1-4H3,(H,15,17);4,6,8-9H,5H2,1-3H3,(H,14,17)(H,15,16)/t9-,10-;8-,9-/m11/s1. The number of hydrogen-bond acceptors (Lipinski definition) is 9. The quantitative estimate of drug-likeness (QED) is 0.290.